The summed E-state index contributed by atoms with van der Waals surface area (Å²) in [5, 5.41) is 0. The van der Waals surface area contributed by atoms with Gasteiger partial charge in [-0.2, -0.15) is 4.99 Å². The van der Waals surface area contributed by atoms with Crippen LogP contribution in [0, 0.1) is 13.8 Å². The molecule has 0 aliphatic heterocycles. The topological polar surface area (TPSA) is 107 Å². The molecule has 0 spiro atoms. The van der Waals surface area contributed by atoms with E-state index in [0.29, 0.717) is 0 Å². The highest BCUT2D eigenvalue weighted by Crippen LogP contribution is 2.15. The van der Waals surface area contributed by atoms with Crippen LogP contribution in [0.2, 0.25) is 0 Å². The first-order chi connectivity index (χ1) is 7.91. The maximum atomic E-state index is 11.4. The Bertz CT molecular complexity index is 499. The second-order valence-corrected chi connectivity index (χ2v) is 3.73. The summed E-state index contributed by atoms with van der Waals surface area (Å²) >= 11 is 0. The van der Waals surface area contributed by atoms with Crippen LogP contribution in [0.4, 0.5) is 0 Å². The molecule has 0 heterocycles. The lowest BCUT2D eigenvalue weighted by atomic mass is 10.0. The Balaban J connectivity index is 3.07. The average molecular weight is 232 g/mol. The maximum absolute atomic E-state index is 11.4. The van der Waals surface area contributed by atoms with Crippen LogP contribution in [0.15, 0.2) is 28.9 Å². The van der Waals surface area contributed by atoms with E-state index in [9.17, 15) is 4.79 Å². The van der Waals surface area contributed by atoms with Gasteiger partial charge in [-0.3, -0.25) is 4.79 Å². The lowest BCUT2D eigenvalue weighted by Gasteiger charge is -2.04. The fourth-order valence-electron chi connectivity index (χ4n) is 1.34. The normalized spacial score (nSPS) is 11.1. The number of nitrogens with two attached hydrogens (primary N) is 3. The van der Waals surface area contributed by atoms with Crippen LogP contribution < -0.4 is 17.2 Å². The van der Waals surface area contributed by atoms with Crippen molar-refractivity contribution in [2.75, 3.05) is 0 Å². The van der Waals surface area contributed by atoms with E-state index in [0.717, 1.165) is 16.7 Å². The van der Waals surface area contributed by atoms with Crippen molar-refractivity contribution in [1.29, 1.82) is 0 Å². The third-order valence-corrected chi connectivity index (χ3v) is 2.44. The van der Waals surface area contributed by atoms with Gasteiger partial charge >= 0.3 is 0 Å². The van der Waals surface area contributed by atoms with Gasteiger partial charge in [0.05, 0.1) is 0 Å². The van der Waals surface area contributed by atoms with Gasteiger partial charge in [0.15, 0.2) is 5.96 Å². The van der Waals surface area contributed by atoms with Crippen molar-refractivity contribution in [2.45, 2.75) is 13.8 Å². The SMILES string of the molecule is Cc1cccc(/C=C(\N)C(=O)N=C(N)N)c1C. The minimum atomic E-state index is -0.633. The molecule has 0 aromatic heterocycles. The van der Waals surface area contributed by atoms with Gasteiger partial charge in [-0.25, -0.2) is 0 Å². The molecule has 0 aliphatic rings. The Morgan fingerprint density at radius 1 is 1.24 bits per heavy atom. The summed E-state index contributed by atoms with van der Waals surface area (Å²) in [7, 11) is 0. The molecule has 90 valence electrons. The zero-order valence-electron chi connectivity index (χ0n) is 9.90. The molecule has 1 aromatic carbocycles. The number of hydrogen-bond donors (Lipinski definition) is 3. The van der Waals surface area contributed by atoms with Crippen molar-refractivity contribution in [2.24, 2.45) is 22.2 Å². The fourth-order valence-corrected chi connectivity index (χ4v) is 1.34. The number of amides is 1. The standard InChI is InChI=1S/C12H16N4O/c1-7-4-3-5-9(8(7)2)6-10(13)11(17)16-12(14)15/h3-6H,13H2,1-2H3,(H4,14,15,16,17)/b10-6-. The Labute approximate surface area is 100 Å². The summed E-state index contributed by atoms with van der Waals surface area (Å²) in [4.78, 5) is 14.8. The molecule has 17 heavy (non-hydrogen) atoms. The number of hydrogen-bond acceptors (Lipinski definition) is 2. The number of nitrogens with zero attached hydrogens (tertiary/aromatic N) is 1. The van der Waals surface area contributed by atoms with Crippen LogP contribution in [0.5, 0.6) is 0 Å². The van der Waals surface area contributed by atoms with E-state index < -0.39 is 5.91 Å². The quantitative estimate of drug-likeness (QED) is 0.389. The van der Waals surface area contributed by atoms with Crippen molar-refractivity contribution >= 4 is 17.9 Å². The number of aryl methyl sites for hydroxylation is 1. The van der Waals surface area contributed by atoms with Crippen LogP contribution in [0.3, 0.4) is 0 Å². The first-order valence-electron chi connectivity index (χ1n) is 5.09. The Morgan fingerprint density at radius 3 is 2.47 bits per heavy atom. The molecule has 1 aromatic rings. The second-order valence-electron chi connectivity index (χ2n) is 3.73. The molecular weight excluding hydrogens is 216 g/mol. The second kappa shape index (κ2) is 5.16. The number of rotatable bonds is 2. The van der Waals surface area contributed by atoms with Crippen molar-refractivity contribution in [3.05, 3.63) is 40.6 Å². The van der Waals surface area contributed by atoms with Crippen LogP contribution in [-0.4, -0.2) is 11.9 Å². The first kappa shape index (κ1) is 12.8. The average Bonchev–Trinajstić information content (AvgIpc) is 2.23. The zero-order valence-corrected chi connectivity index (χ0v) is 9.90. The van der Waals surface area contributed by atoms with Crippen LogP contribution in [-0.2, 0) is 4.79 Å². The number of aliphatic imine (C=N–C) groups is 1. The van der Waals surface area contributed by atoms with Gasteiger partial charge in [-0.1, -0.05) is 18.2 Å². The molecule has 0 atom stereocenters. The molecule has 0 saturated carbocycles. The molecule has 0 unspecified atom stereocenters. The lowest BCUT2D eigenvalue weighted by molar-refractivity contribution is -0.114. The van der Waals surface area contributed by atoms with Crippen molar-refractivity contribution in [3.8, 4) is 0 Å². The molecule has 0 aliphatic carbocycles. The highest BCUT2D eigenvalue weighted by Gasteiger charge is 2.05. The van der Waals surface area contributed by atoms with Crippen LogP contribution in [0.1, 0.15) is 16.7 Å². The molecule has 5 heteroatoms. The predicted molar refractivity (Wildman–Crippen MR) is 68.9 cm³/mol. The molecule has 0 bridgehead atoms. The van der Waals surface area contributed by atoms with Crippen molar-refractivity contribution in [1.82, 2.24) is 0 Å². The van der Waals surface area contributed by atoms with E-state index in [2.05, 4.69) is 4.99 Å². The Morgan fingerprint density at radius 2 is 1.88 bits per heavy atom. The van der Waals surface area contributed by atoms with Gasteiger partial charge in [0.25, 0.3) is 5.91 Å². The van der Waals surface area contributed by atoms with Crippen LogP contribution >= 0.6 is 0 Å². The summed E-state index contributed by atoms with van der Waals surface area (Å²) in [5.74, 6) is -0.932. The summed E-state index contributed by atoms with van der Waals surface area (Å²) in [5.41, 5.74) is 18.9. The molecule has 0 saturated heterocycles. The van der Waals surface area contributed by atoms with Gasteiger partial charge in [0.2, 0.25) is 0 Å². The van der Waals surface area contributed by atoms with Crippen molar-refractivity contribution in [3.63, 3.8) is 0 Å². The minimum Gasteiger partial charge on any atom is -0.394 e. The minimum absolute atomic E-state index is 0.00657. The monoisotopic (exact) mass is 232 g/mol. The van der Waals surface area contributed by atoms with Crippen molar-refractivity contribution < 1.29 is 4.79 Å². The number of benzene rings is 1. The molecular formula is C12H16N4O. The third-order valence-electron chi connectivity index (χ3n) is 2.44. The van der Waals surface area contributed by atoms with E-state index >= 15 is 0 Å². The van der Waals surface area contributed by atoms with E-state index in [1.54, 1.807) is 6.08 Å². The Kier molecular flexibility index (Phi) is 3.87. The highest BCUT2D eigenvalue weighted by molar-refractivity contribution is 6.03. The van der Waals surface area contributed by atoms with Gasteiger partial charge < -0.3 is 17.2 Å². The number of carbonyl (C=O) groups excluding carboxylic acids is 1. The number of guanidine groups is 1. The summed E-state index contributed by atoms with van der Waals surface area (Å²) in [6, 6.07) is 5.76. The zero-order chi connectivity index (χ0) is 13.0. The highest BCUT2D eigenvalue weighted by atomic mass is 16.1. The number of carbonyl (C=O) groups is 1. The maximum Gasteiger partial charge on any atom is 0.296 e. The summed E-state index contributed by atoms with van der Waals surface area (Å²) in [6.45, 7) is 3.94. The fraction of sp³-hybridized carbons (Fsp3) is 0.167. The van der Waals surface area contributed by atoms with Crippen LogP contribution in [0.25, 0.3) is 6.08 Å². The lowest BCUT2D eigenvalue weighted by Crippen LogP contribution is -2.25. The molecule has 0 radical (unpaired) electrons. The smallest absolute Gasteiger partial charge is 0.296 e. The van der Waals surface area contributed by atoms with E-state index in [4.69, 9.17) is 17.2 Å². The predicted octanol–water partition coefficient (Wildman–Crippen LogP) is 0.403. The van der Waals surface area contributed by atoms with E-state index in [1.165, 1.54) is 0 Å². The van der Waals surface area contributed by atoms with E-state index in [1.807, 2.05) is 32.0 Å². The largest absolute Gasteiger partial charge is 0.394 e. The van der Waals surface area contributed by atoms with E-state index in [-0.39, 0.29) is 11.7 Å². The molecule has 1 rings (SSSR count). The van der Waals surface area contributed by atoms with Gasteiger partial charge in [-0.15, -0.1) is 0 Å². The Hall–Kier alpha value is -2.30. The van der Waals surface area contributed by atoms with Gasteiger partial charge in [0.1, 0.15) is 5.70 Å². The molecule has 0 fully saturated rings. The molecule has 5 nitrogen and oxygen atoms in total. The van der Waals surface area contributed by atoms with Gasteiger partial charge in [0, 0.05) is 0 Å². The molecule has 6 N–H and O–H groups in total. The molecule has 1 amide bonds. The summed E-state index contributed by atoms with van der Waals surface area (Å²) in [6.07, 6.45) is 1.57. The van der Waals surface area contributed by atoms with Gasteiger partial charge in [-0.05, 0) is 36.6 Å². The first-order valence-corrected chi connectivity index (χ1v) is 5.09. The summed E-state index contributed by atoms with van der Waals surface area (Å²) < 4.78 is 0. The third kappa shape index (κ3) is 3.34.